The number of hydrazone groups is 1. The molecule has 0 bridgehead atoms. The number of carbonyl (C=O) groups is 2. The maximum atomic E-state index is 13.8. The molecule has 1 saturated heterocycles. The van der Waals surface area contributed by atoms with Crippen molar-refractivity contribution in [1.29, 1.82) is 0 Å². The van der Waals surface area contributed by atoms with Crippen LogP contribution in [0.25, 0.3) is 0 Å². The van der Waals surface area contributed by atoms with Crippen LogP contribution in [0.3, 0.4) is 0 Å². The second kappa shape index (κ2) is 12.5. The van der Waals surface area contributed by atoms with E-state index in [2.05, 4.69) is 4.90 Å². The van der Waals surface area contributed by atoms with Crippen molar-refractivity contribution < 1.29 is 19.1 Å². The summed E-state index contributed by atoms with van der Waals surface area (Å²) in [5.74, 6) is 0.591. The first-order valence-corrected chi connectivity index (χ1v) is 13.4. The van der Waals surface area contributed by atoms with Crippen molar-refractivity contribution in [2.24, 2.45) is 10.5 Å². The van der Waals surface area contributed by atoms with E-state index in [0.29, 0.717) is 32.6 Å². The van der Waals surface area contributed by atoms with Gasteiger partial charge in [-0.2, -0.15) is 5.10 Å². The number of rotatable bonds is 9. The van der Waals surface area contributed by atoms with E-state index in [0.717, 1.165) is 42.2 Å². The second-order valence-electron chi connectivity index (χ2n) is 11.2. The van der Waals surface area contributed by atoms with Crippen LogP contribution in [0.15, 0.2) is 59.7 Å². The SMILES string of the molecule is COc1ccc(C2=NN(C(=O)CN(CCN3CCOCC3)C(=O)CC(C)(C)C)[C@@H](c3ccccc3)C2)cc1. The third-order valence-electron chi connectivity index (χ3n) is 6.92. The molecule has 0 saturated carbocycles. The molecule has 38 heavy (non-hydrogen) atoms. The van der Waals surface area contributed by atoms with Gasteiger partial charge in [0.25, 0.3) is 5.91 Å². The Kier molecular flexibility index (Phi) is 9.17. The van der Waals surface area contributed by atoms with Crippen LogP contribution in [0.1, 0.15) is 50.8 Å². The number of hydrogen-bond acceptors (Lipinski definition) is 6. The average molecular weight is 521 g/mol. The van der Waals surface area contributed by atoms with Gasteiger partial charge in [-0.3, -0.25) is 14.5 Å². The minimum Gasteiger partial charge on any atom is -0.497 e. The molecule has 0 spiro atoms. The van der Waals surface area contributed by atoms with Crippen molar-refractivity contribution in [1.82, 2.24) is 14.8 Å². The van der Waals surface area contributed by atoms with Gasteiger partial charge in [-0.1, -0.05) is 51.1 Å². The van der Waals surface area contributed by atoms with E-state index in [4.69, 9.17) is 14.6 Å². The highest BCUT2D eigenvalue weighted by Crippen LogP contribution is 2.33. The summed E-state index contributed by atoms with van der Waals surface area (Å²) in [7, 11) is 1.64. The smallest absolute Gasteiger partial charge is 0.262 e. The normalized spacial score (nSPS) is 18.3. The van der Waals surface area contributed by atoms with Crippen LogP contribution in [0, 0.1) is 5.41 Å². The summed E-state index contributed by atoms with van der Waals surface area (Å²) in [5.41, 5.74) is 2.65. The summed E-state index contributed by atoms with van der Waals surface area (Å²) in [4.78, 5) is 31.2. The number of benzene rings is 2. The van der Waals surface area contributed by atoms with E-state index < -0.39 is 0 Å². The molecule has 8 heteroatoms. The van der Waals surface area contributed by atoms with Gasteiger partial charge in [0.1, 0.15) is 12.3 Å². The van der Waals surface area contributed by atoms with Gasteiger partial charge in [-0.15, -0.1) is 0 Å². The maximum absolute atomic E-state index is 13.8. The van der Waals surface area contributed by atoms with Crippen LogP contribution < -0.4 is 4.74 Å². The van der Waals surface area contributed by atoms with Gasteiger partial charge in [0, 0.05) is 39.0 Å². The third-order valence-corrected chi connectivity index (χ3v) is 6.92. The van der Waals surface area contributed by atoms with Crippen LogP contribution >= 0.6 is 0 Å². The maximum Gasteiger partial charge on any atom is 0.262 e. The molecule has 2 aromatic carbocycles. The molecule has 204 valence electrons. The van der Waals surface area contributed by atoms with Crippen molar-refractivity contribution in [2.75, 3.05) is 53.0 Å². The predicted molar refractivity (Wildman–Crippen MR) is 148 cm³/mol. The Morgan fingerprint density at radius 1 is 1.05 bits per heavy atom. The third kappa shape index (κ3) is 7.42. The predicted octanol–water partition coefficient (Wildman–Crippen LogP) is 3.97. The number of ether oxygens (including phenoxy) is 2. The molecule has 0 aliphatic carbocycles. The zero-order valence-electron chi connectivity index (χ0n) is 23.1. The van der Waals surface area contributed by atoms with E-state index >= 15 is 0 Å². The molecule has 1 fully saturated rings. The van der Waals surface area contributed by atoms with Crippen molar-refractivity contribution in [3.63, 3.8) is 0 Å². The molecule has 2 amide bonds. The Hall–Kier alpha value is -3.23. The summed E-state index contributed by atoms with van der Waals surface area (Å²) in [5, 5.41) is 6.39. The first-order valence-electron chi connectivity index (χ1n) is 13.4. The lowest BCUT2D eigenvalue weighted by Gasteiger charge is -2.32. The largest absolute Gasteiger partial charge is 0.497 e. The molecule has 2 heterocycles. The van der Waals surface area contributed by atoms with Crippen LogP contribution in [0.2, 0.25) is 0 Å². The second-order valence-corrected chi connectivity index (χ2v) is 11.2. The fourth-order valence-corrected chi connectivity index (χ4v) is 4.81. The van der Waals surface area contributed by atoms with E-state index in [1.807, 2.05) is 75.4 Å². The molecule has 2 aliphatic rings. The summed E-state index contributed by atoms with van der Waals surface area (Å²) >= 11 is 0. The highest BCUT2D eigenvalue weighted by Gasteiger charge is 2.35. The van der Waals surface area contributed by atoms with Gasteiger partial charge >= 0.3 is 0 Å². The average Bonchev–Trinajstić information content (AvgIpc) is 3.37. The summed E-state index contributed by atoms with van der Waals surface area (Å²) < 4.78 is 10.8. The minimum atomic E-state index is -0.223. The quantitative estimate of drug-likeness (QED) is 0.500. The van der Waals surface area contributed by atoms with Crippen molar-refractivity contribution in [3.8, 4) is 5.75 Å². The molecule has 2 aromatic rings. The fraction of sp³-hybridized carbons (Fsp3) is 0.500. The minimum absolute atomic E-state index is 0.00196. The van der Waals surface area contributed by atoms with Gasteiger partial charge in [-0.05, 0) is 40.8 Å². The van der Waals surface area contributed by atoms with Gasteiger partial charge in [0.15, 0.2) is 0 Å². The molecule has 0 aromatic heterocycles. The Labute approximate surface area is 226 Å². The molecule has 0 unspecified atom stereocenters. The first kappa shape index (κ1) is 27.8. The van der Waals surface area contributed by atoms with E-state index in [9.17, 15) is 9.59 Å². The van der Waals surface area contributed by atoms with E-state index in [1.165, 1.54) is 0 Å². The molecule has 8 nitrogen and oxygen atoms in total. The lowest BCUT2D eigenvalue weighted by Crippen LogP contribution is -2.47. The summed E-state index contributed by atoms with van der Waals surface area (Å²) in [6.45, 7) is 10.4. The van der Waals surface area contributed by atoms with Gasteiger partial charge < -0.3 is 14.4 Å². The molecule has 1 atom stereocenters. The number of amides is 2. The Balaban J connectivity index is 1.55. The number of morpholine rings is 1. The number of carbonyl (C=O) groups excluding carboxylic acids is 2. The highest BCUT2D eigenvalue weighted by atomic mass is 16.5. The standard InChI is InChI=1S/C30H40N4O4/c1-30(2,3)21-28(35)33(15-14-32-16-18-38-19-17-32)22-29(36)34-27(24-8-6-5-7-9-24)20-26(31-34)23-10-12-25(37-4)13-11-23/h5-13,27H,14-22H2,1-4H3/t27-/m1/s1. The molecule has 4 rings (SSSR count). The van der Waals surface area contributed by atoms with Gasteiger partial charge in [-0.25, -0.2) is 5.01 Å². The Morgan fingerprint density at radius 2 is 1.74 bits per heavy atom. The van der Waals surface area contributed by atoms with Crippen molar-refractivity contribution >= 4 is 17.5 Å². The van der Waals surface area contributed by atoms with Crippen molar-refractivity contribution in [3.05, 3.63) is 65.7 Å². The summed E-state index contributed by atoms with van der Waals surface area (Å²) in [6.07, 6.45) is 0.984. The van der Waals surface area contributed by atoms with Crippen molar-refractivity contribution in [2.45, 2.75) is 39.7 Å². The monoisotopic (exact) mass is 520 g/mol. The van der Waals surface area contributed by atoms with Crippen LogP contribution in [-0.4, -0.2) is 85.4 Å². The molecular weight excluding hydrogens is 480 g/mol. The van der Waals surface area contributed by atoms with Crippen LogP contribution in [-0.2, 0) is 14.3 Å². The zero-order valence-corrected chi connectivity index (χ0v) is 23.1. The van der Waals surface area contributed by atoms with Gasteiger partial charge in [0.05, 0.1) is 32.1 Å². The highest BCUT2D eigenvalue weighted by molar-refractivity contribution is 6.03. The summed E-state index contributed by atoms with van der Waals surface area (Å²) in [6, 6.07) is 17.5. The first-order chi connectivity index (χ1) is 18.2. The molecule has 0 N–H and O–H groups in total. The number of hydrogen-bond donors (Lipinski definition) is 0. The lowest BCUT2D eigenvalue weighted by atomic mass is 9.91. The molecule has 2 aliphatic heterocycles. The van der Waals surface area contributed by atoms with Crippen LogP contribution in [0.4, 0.5) is 0 Å². The zero-order chi connectivity index (χ0) is 27.1. The Morgan fingerprint density at radius 3 is 2.37 bits per heavy atom. The van der Waals surface area contributed by atoms with E-state index in [-0.39, 0.29) is 29.8 Å². The Bertz CT molecular complexity index is 1110. The lowest BCUT2D eigenvalue weighted by molar-refractivity contribution is -0.142. The molecule has 0 radical (unpaired) electrons. The van der Waals surface area contributed by atoms with Crippen LogP contribution in [0.5, 0.6) is 5.75 Å². The topological polar surface area (TPSA) is 74.7 Å². The van der Waals surface area contributed by atoms with E-state index in [1.54, 1.807) is 17.0 Å². The van der Waals surface area contributed by atoms with Gasteiger partial charge in [0.2, 0.25) is 5.91 Å². The fourth-order valence-electron chi connectivity index (χ4n) is 4.81. The molecular formula is C30H40N4O4. The number of methoxy groups -OCH3 is 1. The number of nitrogens with zero attached hydrogens (tertiary/aromatic N) is 4.